The topological polar surface area (TPSA) is 41.6 Å². The minimum atomic E-state index is -0.157. The molecule has 0 spiro atoms. The number of nitrogens with zero attached hydrogens (tertiary/aromatic N) is 1. The minimum Gasteiger partial charge on any atom is -0.469 e. The molecule has 0 saturated carbocycles. The lowest BCUT2D eigenvalue weighted by atomic mass is 9.92. The molecule has 0 bridgehead atoms. The first-order valence-corrected chi connectivity index (χ1v) is 6.15. The van der Waals surface area contributed by atoms with Crippen molar-refractivity contribution in [3.8, 4) is 0 Å². The Morgan fingerprint density at radius 2 is 1.88 bits per heavy atom. The normalized spacial score (nSPS) is 15.8. The van der Waals surface area contributed by atoms with Gasteiger partial charge in [-0.05, 0) is 26.4 Å². The summed E-state index contributed by atoms with van der Waals surface area (Å²) in [5.41, 5.74) is 0.188. The predicted octanol–water partition coefficient (Wildman–Crippen LogP) is 1.36. The summed E-state index contributed by atoms with van der Waals surface area (Å²) in [5.74, 6) is -0.273. The van der Waals surface area contributed by atoms with Gasteiger partial charge in [0.15, 0.2) is 0 Å². The van der Waals surface area contributed by atoms with Crippen LogP contribution in [0.15, 0.2) is 0 Å². The summed E-state index contributed by atoms with van der Waals surface area (Å²) in [7, 11) is 5.58. The first-order chi connectivity index (χ1) is 7.69. The van der Waals surface area contributed by atoms with E-state index in [1.165, 1.54) is 7.11 Å². The van der Waals surface area contributed by atoms with Gasteiger partial charge in [0.25, 0.3) is 0 Å². The highest BCUT2D eigenvalue weighted by molar-refractivity contribution is 5.72. The standard InChI is InChI=1S/C13H28N2O2/c1-10(12(16)17-7)11(2)14-8-13(3,4)9-15(5)6/h10-11,14H,8-9H2,1-7H3. The molecule has 0 rings (SSSR count). The van der Waals surface area contributed by atoms with Crippen LogP contribution in [0.1, 0.15) is 27.7 Å². The SMILES string of the molecule is COC(=O)C(C)C(C)NCC(C)(C)CN(C)C. The van der Waals surface area contributed by atoms with Gasteiger partial charge in [0.1, 0.15) is 0 Å². The zero-order valence-corrected chi connectivity index (χ0v) is 12.3. The van der Waals surface area contributed by atoms with Crippen LogP contribution in [0.5, 0.6) is 0 Å². The van der Waals surface area contributed by atoms with Crippen LogP contribution in [-0.2, 0) is 9.53 Å². The van der Waals surface area contributed by atoms with E-state index in [-0.39, 0.29) is 23.3 Å². The molecular weight excluding hydrogens is 216 g/mol. The quantitative estimate of drug-likeness (QED) is 0.687. The summed E-state index contributed by atoms with van der Waals surface area (Å²) in [6.45, 7) is 10.2. The average molecular weight is 244 g/mol. The number of ether oxygens (including phenoxy) is 1. The van der Waals surface area contributed by atoms with Crippen molar-refractivity contribution in [1.29, 1.82) is 0 Å². The Kier molecular flexibility index (Phi) is 6.72. The number of carbonyl (C=O) groups excluding carboxylic acids is 1. The van der Waals surface area contributed by atoms with E-state index in [9.17, 15) is 4.79 Å². The van der Waals surface area contributed by atoms with Crippen molar-refractivity contribution in [2.24, 2.45) is 11.3 Å². The Bertz CT molecular complexity index is 240. The van der Waals surface area contributed by atoms with Crippen LogP contribution in [0.3, 0.4) is 0 Å². The number of methoxy groups -OCH3 is 1. The maximum atomic E-state index is 11.4. The Morgan fingerprint density at radius 1 is 1.35 bits per heavy atom. The highest BCUT2D eigenvalue weighted by atomic mass is 16.5. The molecule has 0 aromatic heterocycles. The first-order valence-electron chi connectivity index (χ1n) is 6.15. The molecule has 4 heteroatoms. The highest BCUT2D eigenvalue weighted by Crippen LogP contribution is 2.15. The van der Waals surface area contributed by atoms with Gasteiger partial charge in [-0.3, -0.25) is 4.79 Å². The molecule has 17 heavy (non-hydrogen) atoms. The van der Waals surface area contributed by atoms with Crippen molar-refractivity contribution in [3.63, 3.8) is 0 Å². The van der Waals surface area contributed by atoms with Crippen molar-refractivity contribution in [2.45, 2.75) is 33.7 Å². The summed E-state index contributed by atoms with van der Waals surface area (Å²) >= 11 is 0. The molecule has 0 fully saturated rings. The molecule has 0 aromatic carbocycles. The molecule has 2 unspecified atom stereocenters. The third-order valence-corrected chi connectivity index (χ3v) is 2.97. The van der Waals surface area contributed by atoms with Gasteiger partial charge in [-0.15, -0.1) is 0 Å². The second-order valence-electron chi connectivity index (χ2n) is 5.88. The van der Waals surface area contributed by atoms with E-state index in [4.69, 9.17) is 4.74 Å². The Morgan fingerprint density at radius 3 is 2.29 bits per heavy atom. The van der Waals surface area contributed by atoms with Crippen molar-refractivity contribution >= 4 is 5.97 Å². The van der Waals surface area contributed by atoms with Crippen LogP contribution in [0.4, 0.5) is 0 Å². The third-order valence-electron chi connectivity index (χ3n) is 2.97. The van der Waals surface area contributed by atoms with E-state index in [1.54, 1.807) is 0 Å². The van der Waals surface area contributed by atoms with Gasteiger partial charge in [-0.2, -0.15) is 0 Å². The summed E-state index contributed by atoms with van der Waals surface area (Å²) in [4.78, 5) is 13.6. The van der Waals surface area contributed by atoms with E-state index >= 15 is 0 Å². The number of esters is 1. The van der Waals surface area contributed by atoms with Gasteiger partial charge < -0.3 is 15.0 Å². The van der Waals surface area contributed by atoms with Gasteiger partial charge in [0, 0.05) is 19.1 Å². The fourth-order valence-corrected chi connectivity index (χ4v) is 1.92. The van der Waals surface area contributed by atoms with Crippen molar-refractivity contribution in [2.75, 3.05) is 34.3 Å². The van der Waals surface area contributed by atoms with Crippen LogP contribution in [0, 0.1) is 11.3 Å². The van der Waals surface area contributed by atoms with E-state index in [0.717, 1.165) is 13.1 Å². The predicted molar refractivity (Wildman–Crippen MR) is 71.0 cm³/mol. The summed E-state index contributed by atoms with van der Waals surface area (Å²) in [6.07, 6.45) is 0. The lowest BCUT2D eigenvalue weighted by molar-refractivity contribution is -0.145. The van der Waals surface area contributed by atoms with Gasteiger partial charge >= 0.3 is 5.97 Å². The molecule has 0 heterocycles. The van der Waals surface area contributed by atoms with Gasteiger partial charge in [0.05, 0.1) is 13.0 Å². The van der Waals surface area contributed by atoms with Crippen LogP contribution >= 0.6 is 0 Å². The Hall–Kier alpha value is -0.610. The smallest absolute Gasteiger partial charge is 0.309 e. The van der Waals surface area contributed by atoms with Crippen molar-refractivity contribution in [3.05, 3.63) is 0 Å². The molecule has 0 aliphatic carbocycles. The molecule has 0 aromatic rings. The molecule has 102 valence electrons. The van der Waals surface area contributed by atoms with E-state index in [2.05, 4.69) is 38.2 Å². The van der Waals surface area contributed by atoms with Crippen molar-refractivity contribution in [1.82, 2.24) is 10.2 Å². The van der Waals surface area contributed by atoms with E-state index in [0.29, 0.717) is 0 Å². The molecule has 1 N–H and O–H groups in total. The molecule has 2 atom stereocenters. The van der Waals surface area contributed by atoms with Crippen LogP contribution in [0.25, 0.3) is 0 Å². The number of hydrogen-bond acceptors (Lipinski definition) is 4. The van der Waals surface area contributed by atoms with Gasteiger partial charge in [0.2, 0.25) is 0 Å². The third kappa shape index (κ3) is 6.64. The van der Waals surface area contributed by atoms with Crippen LogP contribution in [0.2, 0.25) is 0 Å². The largest absolute Gasteiger partial charge is 0.469 e. The molecule has 0 saturated heterocycles. The Labute approximate surface area is 106 Å². The second-order valence-corrected chi connectivity index (χ2v) is 5.88. The number of hydrogen-bond donors (Lipinski definition) is 1. The van der Waals surface area contributed by atoms with Crippen molar-refractivity contribution < 1.29 is 9.53 Å². The van der Waals surface area contributed by atoms with Crippen LogP contribution < -0.4 is 5.32 Å². The molecular formula is C13H28N2O2. The average Bonchev–Trinajstić information content (AvgIpc) is 2.22. The number of nitrogens with one attached hydrogen (secondary N) is 1. The monoisotopic (exact) mass is 244 g/mol. The van der Waals surface area contributed by atoms with E-state index in [1.807, 2.05) is 13.8 Å². The number of rotatable bonds is 7. The summed E-state index contributed by atoms with van der Waals surface area (Å²) in [6, 6.07) is 0.129. The lowest BCUT2D eigenvalue weighted by Crippen LogP contribution is -2.44. The fourth-order valence-electron chi connectivity index (χ4n) is 1.92. The maximum absolute atomic E-state index is 11.4. The van der Waals surface area contributed by atoms with Gasteiger partial charge in [-0.1, -0.05) is 20.8 Å². The minimum absolute atomic E-state index is 0.116. The zero-order valence-electron chi connectivity index (χ0n) is 12.3. The summed E-state index contributed by atoms with van der Waals surface area (Å²) < 4.78 is 4.74. The summed E-state index contributed by atoms with van der Waals surface area (Å²) in [5, 5.41) is 3.42. The van der Waals surface area contributed by atoms with Gasteiger partial charge in [-0.25, -0.2) is 0 Å². The first kappa shape index (κ1) is 16.4. The molecule has 0 aliphatic heterocycles. The molecule has 4 nitrogen and oxygen atoms in total. The molecule has 0 aliphatic rings. The molecule has 0 radical (unpaired) electrons. The lowest BCUT2D eigenvalue weighted by Gasteiger charge is -2.31. The zero-order chi connectivity index (χ0) is 13.6. The maximum Gasteiger partial charge on any atom is 0.309 e. The number of carbonyl (C=O) groups is 1. The fraction of sp³-hybridized carbons (Fsp3) is 0.923. The molecule has 0 amide bonds. The second kappa shape index (κ2) is 6.97. The van der Waals surface area contributed by atoms with E-state index < -0.39 is 0 Å². The Balaban J connectivity index is 4.14. The van der Waals surface area contributed by atoms with Crippen LogP contribution in [-0.4, -0.2) is 51.2 Å². The highest BCUT2D eigenvalue weighted by Gasteiger charge is 2.24.